The van der Waals surface area contributed by atoms with Gasteiger partial charge in [-0.3, -0.25) is 0 Å². The smallest absolute Gasteiger partial charge is 0.343 e. The van der Waals surface area contributed by atoms with Crippen LogP contribution in [0.2, 0.25) is 0 Å². The number of ether oxygens (including phenoxy) is 1. The fourth-order valence-electron chi connectivity index (χ4n) is 2.95. The first-order valence-corrected chi connectivity index (χ1v) is 9.57. The van der Waals surface area contributed by atoms with Crippen LogP contribution in [0, 0.1) is 0 Å². The van der Waals surface area contributed by atoms with E-state index >= 15 is 0 Å². The summed E-state index contributed by atoms with van der Waals surface area (Å²) in [5.41, 5.74) is 3.17. The fourth-order valence-corrected chi connectivity index (χ4v) is 3.29. The zero-order chi connectivity index (χ0) is 19.5. The summed E-state index contributed by atoms with van der Waals surface area (Å²) in [6.45, 7) is 0. The molecule has 1 aromatic heterocycles. The molecule has 0 atom stereocenters. The first-order chi connectivity index (χ1) is 13.6. The molecule has 0 saturated heterocycles. The zero-order valence-electron chi connectivity index (χ0n) is 15.2. The van der Waals surface area contributed by atoms with Crippen LogP contribution in [-0.2, 0) is 11.8 Å². The predicted octanol–water partition coefficient (Wildman–Crippen LogP) is 5.69. The van der Waals surface area contributed by atoms with Crippen molar-refractivity contribution in [2.75, 3.05) is 0 Å². The lowest BCUT2D eigenvalue weighted by atomic mass is 10.1. The lowest BCUT2D eigenvalue weighted by Gasteiger charge is -2.09. The Labute approximate surface area is 171 Å². The molecule has 0 N–H and O–H groups in total. The van der Waals surface area contributed by atoms with Crippen LogP contribution in [0.15, 0.2) is 83.3 Å². The number of benzene rings is 3. The second kappa shape index (κ2) is 7.82. The number of esters is 1. The molecular weight excluding hydrogens is 416 g/mol. The van der Waals surface area contributed by atoms with Gasteiger partial charge in [0.25, 0.3) is 0 Å². The van der Waals surface area contributed by atoms with Gasteiger partial charge in [-0.05, 0) is 30.3 Å². The number of hydrogen-bond acceptors (Lipinski definition) is 3. The molecule has 1 heterocycles. The number of rotatable bonds is 4. The highest BCUT2D eigenvalue weighted by atomic mass is 79.9. The summed E-state index contributed by atoms with van der Waals surface area (Å²) in [7, 11) is 1.94. The van der Waals surface area contributed by atoms with E-state index in [0.29, 0.717) is 17.1 Å². The Bertz CT molecular complexity index is 1170. The molecule has 0 fully saturated rings. The molecular formula is C23H17BrN2O2. The van der Waals surface area contributed by atoms with Gasteiger partial charge in [0.15, 0.2) is 0 Å². The molecule has 0 aliphatic carbocycles. The van der Waals surface area contributed by atoms with Crippen LogP contribution in [0.3, 0.4) is 0 Å². The molecule has 28 heavy (non-hydrogen) atoms. The number of aryl methyl sites for hydroxylation is 1. The van der Waals surface area contributed by atoms with Gasteiger partial charge in [-0.2, -0.15) is 0 Å². The van der Waals surface area contributed by atoms with Gasteiger partial charge >= 0.3 is 5.97 Å². The summed E-state index contributed by atoms with van der Waals surface area (Å²) in [6.07, 6.45) is 1.80. The molecule has 0 radical (unpaired) electrons. The van der Waals surface area contributed by atoms with Gasteiger partial charge in [0.2, 0.25) is 0 Å². The van der Waals surface area contributed by atoms with Crippen molar-refractivity contribution in [1.82, 2.24) is 9.55 Å². The van der Waals surface area contributed by atoms with E-state index in [9.17, 15) is 4.79 Å². The SMILES string of the molecule is Cn1c(/C=C(/OC(=O)c2ccccc2)c2ccccc2)nc2cc(Br)ccc21. The Kier molecular flexibility index (Phi) is 5.08. The van der Waals surface area contributed by atoms with Crippen molar-refractivity contribution in [1.29, 1.82) is 0 Å². The number of hydrogen-bond donors (Lipinski definition) is 0. The van der Waals surface area contributed by atoms with E-state index in [1.165, 1.54) is 0 Å². The van der Waals surface area contributed by atoms with E-state index in [4.69, 9.17) is 4.74 Å². The van der Waals surface area contributed by atoms with Crippen LogP contribution < -0.4 is 0 Å². The van der Waals surface area contributed by atoms with Crippen LogP contribution in [0.25, 0.3) is 22.9 Å². The highest BCUT2D eigenvalue weighted by molar-refractivity contribution is 9.10. The fraction of sp³-hybridized carbons (Fsp3) is 0.0435. The highest BCUT2D eigenvalue weighted by Crippen LogP contribution is 2.25. The zero-order valence-corrected chi connectivity index (χ0v) is 16.8. The first kappa shape index (κ1) is 18.2. The first-order valence-electron chi connectivity index (χ1n) is 8.78. The Morgan fingerprint density at radius 1 is 0.964 bits per heavy atom. The standard InChI is InChI=1S/C23H17BrN2O2/c1-26-20-13-12-18(24)14-19(20)25-22(26)15-21(16-8-4-2-5-9-16)28-23(27)17-10-6-3-7-11-17/h2-15H,1H3/b21-15+. The van der Waals surface area contributed by atoms with Gasteiger partial charge in [-0.25, -0.2) is 9.78 Å². The van der Waals surface area contributed by atoms with E-state index in [2.05, 4.69) is 20.9 Å². The van der Waals surface area contributed by atoms with Gasteiger partial charge in [-0.1, -0.05) is 64.5 Å². The van der Waals surface area contributed by atoms with E-state index < -0.39 is 5.97 Å². The molecule has 0 amide bonds. The molecule has 0 saturated carbocycles. The van der Waals surface area contributed by atoms with Crippen LogP contribution >= 0.6 is 15.9 Å². The third kappa shape index (κ3) is 3.75. The molecule has 138 valence electrons. The molecule has 0 unspecified atom stereocenters. The Morgan fingerprint density at radius 3 is 2.29 bits per heavy atom. The molecule has 3 aromatic carbocycles. The summed E-state index contributed by atoms with van der Waals surface area (Å²) >= 11 is 3.48. The van der Waals surface area contributed by atoms with E-state index in [0.717, 1.165) is 21.1 Å². The third-order valence-electron chi connectivity index (χ3n) is 4.41. The van der Waals surface area contributed by atoms with Crippen LogP contribution in [0.4, 0.5) is 0 Å². The van der Waals surface area contributed by atoms with Crippen molar-refractivity contribution in [3.8, 4) is 0 Å². The Balaban J connectivity index is 1.77. The minimum absolute atomic E-state index is 0.405. The van der Waals surface area contributed by atoms with Crippen LogP contribution in [0.5, 0.6) is 0 Å². The Hall–Kier alpha value is -3.18. The second-order valence-electron chi connectivity index (χ2n) is 6.29. The number of halogens is 1. The van der Waals surface area contributed by atoms with Gasteiger partial charge in [0.1, 0.15) is 11.6 Å². The lowest BCUT2D eigenvalue weighted by molar-refractivity contribution is 0.0693. The summed E-state index contributed by atoms with van der Waals surface area (Å²) in [5, 5.41) is 0. The Morgan fingerprint density at radius 2 is 1.61 bits per heavy atom. The predicted molar refractivity (Wildman–Crippen MR) is 115 cm³/mol. The van der Waals surface area contributed by atoms with Gasteiger partial charge < -0.3 is 9.30 Å². The van der Waals surface area contributed by atoms with Gasteiger partial charge in [0.05, 0.1) is 16.6 Å². The molecule has 0 bridgehead atoms. The number of nitrogens with zero attached hydrogens (tertiary/aromatic N) is 2. The topological polar surface area (TPSA) is 44.1 Å². The summed E-state index contributed by atoms with van der Waals surface area (Å²) < 4.78 is 8.70. The van der Waals surface area contributed by atoms with E-state index in [1.807, 2.05) is 78.3 Å². The third-order valence-corrected chi connectivity index (χ3v) is 4.90. The minimum atomic E-state index is -0.405. The van der Waals surface area contributed by atoms with E-state index in [-0.39, 0.29) is 0 Å². The van der Waals surface area contributed by atoms with Crippen molar-refractivity contribution >= 4 is 44.8 Å². The molecule has 4 aromatic rings. The largest absolute Gasteiger partial charge is 0.422 e. The maximum Gasteiger partial charge on any atom is 0.343 e. The van der Waals surface area contributed by atoms with Gasteiger partial charge in [0, 0.05) is 23.2 Å². The normalized spacial score (nSPS) is 11.6. The molecule has 4 rings (SSSR count). The van der Waals surface area contributed by atoms with Crippen LogP contribution in [-0.4, -0.2) is 15.5 Å². The average Bonchev–Trinajstić information content (AvgIpc) is 3.03. The maximum absolute atomic E-state index is 12.6. The maximum atomic E-state index is 12.6. The number of carbonyl (C=O) groups excluding carboxylic acids is 1. The van der Waals surface area contributed by atoms with Crippen molar-refractivity contribution in [2.45, 2.75) is 0 Å². The highest BCUT2D eigenvalue weighted by Gasteiger charge is 2.14. The molecule has 0 aliphatic heterocycles. The summed E-state index contributed by atoms with van der Waals surface area (Å²) in [4.78, 5) is 17.3. The number of fused-ring (bicyclic) bond motifs is 1. The van der Waals surface area contributed by atoms with Crippen LogP contribution in [0.1, 0.15) is 21.7 Å². The van der Waals surface area contributed by atoms with Gasteiger partial charge in [-0.15, -0.1) is 0 Å². The number of imidazole rings is 1. The van der Waals surface area contributed by atoms with Crippen molar-refractivity contribution < 1.29 is 9.53 Å². The molecule has 0 spiro atoms. The number of aromatic nitrogens is 2. The van der Waals surface area contributed by atoms with Crippen molar-refractivity contribution in [3.63, 3.8) is 0 Å². The second-order valence-corrected chi connectivity index (χ2v) is 7.21. The molecule has 4 nitrogen and oxygen atoms in total. The molecule has 5 heteroatoms. The minimum Gasteiger partial charge on any atom is -0.422 e. The monoisotopic (exact) mass is 432 g/mol. The van der Waals surface area contributed by atoms with E-state index in [1.54, 1.807) is 18.2 Å². The average molecular weight is 433 g/mol. The summed E-state index contributed by atoms with van der Waals surface area (Å²) in [5.74, 6) is 0.747. The molecule has 0 aliphatic rings. The van der Waals surface area contributed by atoms with Crippen molar-refractivity contribution in [3.05, 3.63) is 100 Å². The number of carbonyl (C=O) groups is 1. The van der Waals surface area contributed by atoms with Crippen molar-refractivity contribution in [2.24, 2.45) is 7.05 Å². The summed E-state index contributed by atoms with van der Waals surface area (Å²) in [6, 6.07) is 24.4. The quantitative estimate of drug-likeness (QED) is 0.307. The lowest BCUT2D eigenvalue weighted by Crippen LogP contribution is -2.05.